The highest BCUT2D eigenvalue weighted by Crippen LogP contribution is 2.14. The first-order valence-corrected chi connectivity index (χ1v) is 7.21. The largest absolute Gasteiger partial charge is 0.384 e. The SMILES string of the molecule is CN(Cc1ccc(Br)cc1)Cc1ccccc1C(=N)N. The lowest BCUT2D eigenvalue weighted by molar-refractivity contribution is 0.319. The van der Waals surface area contributed by atoms with Crippen LogP contribution in [0.2, 0.25) is 0 Å². The normalized spacial score (nSPS) is 10.8. The Morgan fingerprint density at radius 1 is 1.10 bits per heavy atom. The van der Waals surface area contributed by atoms with Gasteiger partial charge in [0, 0.05) is 23.1 Å². The molecule has 0 aliphatic rings. The average Bonchev–Trinajstić information content (AvgIpc) is 2.41. The van der Waals surface area contributed by atoms with Crippen molar-refractivity contribution in [1.82, 2.24) is 4.90 Å². The fourth-order valence-corrected chi connectivity index (χ4v) is 2.43. The number of benzene rings is 2. The van der Waals surface area contributed by atoms with Gasteiger partial charge in [-0.15, -0.1) is 0 Å². The Hall–Kier alpha value is -1.65. The molecule has 0 spiro atoms. The number of nitrogen functional groups attached to an aromatic ring is 1. The second kappa shape index (κ2) is 6.68. The van der Waals surface area contributed by atoms with Crippen molar-refractivity contribution < 1.29 is 0 Å². The highest BCUT2D eigenvalue weighted by molar-refractivity contribution is 9.10. The Morgan fingerprint density at radius 3 is 2.40 bits per heavy atom. The van der Waals surface area contributed by atoms with Crippen molar-refractivity contribution in [3.8, 4) is 0 Å². The van der Waals surface area contributed by atoms with Gasteiger partial charge in [-0.1, -0.05) is 52.3 Å². The molecule has 0 saturated heterocycles. The van der Waals surface area contributed by atoms with Crippen LogP contribution in [0.15, 0.2) is 53.0 Å². The van der Waals surface area contributed by atoms with Gasteiger partial charge in [0.15, 0.2) is 0 Å². The molecule has 3 nitrogen and oxygen atoms in total. The fourth-order valence-electron chi connectivity index (χ4n) is 2.17. The van der Waals surface area contributed by atoms with Crippen molar-refractivity contribution in [2.75, 3.05) is 7.05 Å². The molecule has 104 valence electrons. The highest BCUT2D eigenvalue weighted by Gasteiger charge is 2.07. The zero-order valence-corrected chi connectivity index (χ0v) is 13.0. The van der Waals surface area contributed by atoms with Crippen LogP contribution >= 0.6 is 15.9 Å². The molecule has 20 heavy (non-hydrogen) atoms. The Morgan fingerprint density at radius 2 is 1.75 bits per heavy atom. The molecule has 0 fully saturated rings. The smallest absolute Gasteiger partial charge is 0.123 e. The Kier molecular flexibility index (Phi) is 4.93. The van der Waals surface area contributed by atoms with E-state index in [2.05, 4.69) is 40.0 Å². The van der Waals surface area contributed by atoms with E-state index in [-0.39, 0.29) is 5.84 Å². The lowest BCUT2D eigenvalue weighted by atomic mass is 10.1. The standard InChI is InChI=1S/C16H18BrN3/c1-20(10-12-6-8-14(17)9-7-12)11-13-4-2-3-5-15(13)16(18)19/h2-9H,10-11H2,1H3,(H3,18,19). The maximum absolute atomic E-state index is 7.62. The summed E-state index contributed by atoms with van der Waals surface area (Å²) < 4.78 is 1.09. The van der Waals surface area contributed by atoms with Crippen LogP contribution in [0.25, 0.3) is 0 Å². The first-order valence-electron chi connectivity index (χ1n) is 6.41. The molecule has 3 N–H and O–H groups in total. The van der Waals surface area contributed by atoms with Gasteiger partial charge in [0.05, 0.1) is 0 Å². The van der Waals surface area contributed by atoms with E-state index in [9.17, 15) is 0 Å². The second-order valence-electron chi connectivity index (χ2n) is 4.87. The molecule has 0 aliphatic heterocycles. The minimum Gasteiger partial charge on any atom is -0.384 e. The van der Waals surface area contributed by atoms with Gasteiger partial charge in [-0.05, 0) is 30.3 Å². The van der Waals surface area contributed by atoms with Crippen LogP contribution < -0.4 is 5.73 Å². The molecule has 0 radical (unpaired) electrons. The number of nitrogens with zero attached hydrogens (tertiary/aromatic N) is 1. The number of hydrogen-bond acceptors (Lipinski definition) is 2. The molecule has 0 bridgehead atoms. The van der Waals surface area contributed by atoms with Gasteiger partial charge in [0.2, 0.25) is 0 Å². The van der Waals surface area contributed by atoms with E-state index in [0.717, 1.165) is 28.7 Å². The summed E-state index contributed by atoms with van der Waals surface area (Å²) >= 11 is 3.44. The molecule has 0 aromatic heterocycles. The van der Waals surface area contributed by atoms with Crippen molar-refractivity contribution in [1.29, 1.82) is 5.41 Å². The average molecular weight is 332 g/mol. The first-order chi connectivity index (χ1) is 9.56. The fraction of sp³-hybridized carbons (Fsp3) is 0.188. The highest BCUT2D eigenvalue weighted by atomic mass is 79.9. The van der Waals surface area contributed by atoms with Crippen molar-refractivity contribution in [2.45, 2.75) is 13.1 Å². The maximum atomic E-state index is 7.62. The molecule has 0 atom stereocenters. The van der Waals surface area contributed by atoms with Crippen molar-refractivity contribution in [2.24, 2.45) is 5.73 Å². The van der Waals surface area contributed by atoms with Crippen LogP contribution in [0.5, 0.6) is 0 Å². The summed E-state index contributed by atoms with van der Waals surface area (Å²) in [6, 6.07) is 16.1. The predicted molar refractivity (Wildman–Crippen MR) is 86.8 cm³/mol. The van der Waals surface area contributed by atoms with Gasteiger partial charge in [-0.25, -0.2) is 0 Å². The summed E-state index contributed by atoms with van der Waals surface area (Å²) in [5.74, 6) is 0.123. The van der Waals surface area contributed by atoms with Crippen LogP contribution in [0, 0.1) is 5.41 Å². The molecular formula is C16H18BrN3. The van der Waals surface area contributed by atoms with E-state index in [4.69, 9.17) is 11.1 Å². The topological polar surface area (TPSA) is 53.1 Å². The monoisotopic (exact) mass is 331 g/mol. The minimum atomic E-state index is 0.123. The molecule has 0 amide bonds. The number of hydrogen-bond donors (Lipinski definition) is 2. The predicted octanol–water partition coefficient (Wildman–Crippen LogP) is 3.37. The Bertz CT molecular complexity index is 593. The third-order valence-corrected chi connectivity index (χ3v) is 3.64. The van der Waals surface area contributed by atoms with Gasteiger partial charge in [-0.2, -0.15) is 0 Å². The van der Waals surface area contributed by atoms with Gasteiger partial charge >= 0.3 is 0 Å². The van der Waals surface area contributed by atoms with Gasteiger partial charge < -0.3 is 5.73 Å². The third kappa shape index (κ3) is 3.92. The van der Waals surface area contributed by atoms with E-state index in [1.165, 1.54) is 5.56 Å². The molecule has 0 heterocycles. The Labute approximate surface area is 128 Å². The quantitative estimate of drug-likeness (QED) is 0.652. The van der Waals surface area contributed by atoms with E-state index < -0.39 is 0 Å². The van der Waals surface area contributed by atoms with Crippen LogP contribution in [0.3, 0.4) is 0 Å². The van der Waals surface area contributed by atoms with Gasteiger partial charge in [0.1, 0.15) is 5.84 Å². The van der Waals surface area contributed by atoms with Crippen molar-refractivity contribution in [3.05, 3.63) is 69.7 Å². The molecule has 2 aromatic rings. The number of halogens is 1. The van der Waals surface area contributed by atoms with Crippen molar-refractivity contribution >= 4 is 21.8 Å². The summed E-state index contributed by atoms with van der Waals surface area (Å²) in [5, 5.41) is 7.62. The van der Waals surface area contributed by atoms with Crippen molar-refractivity contribution in [3.63, 3.8) is 0 Å². The van der Waals surface area contributed by atoms with E-state index >= 15 is 0 Å². The molecule has 0 unspecified atom stereocenters. The summed E-state index contributed by atoms with van der Waals surface area (Å²) in [5.41, 5.74) is 8.78. The zero-order chi connectivity index (χ0) is 14.5. The summed E-state index contributed by atoms with van der Waals surface area (Å²) in [6.07, 6.45) is 0. The van der Waals surface area contributed by atoms with E-state index in [0.29, 0.717) is 0 Å². The molecule has 4 heteroatoms. The zero-order valence-electron chi connectivity index (χ0n) is 11.4. The molecular weight excluding hydrogens is 314 g/mol. The van der Waals surface area contributed by atoms with Gasteiger partial charge in [-0.3, -0.25) is 10.3 Å². The number of nitrogens with one attached hydrogen (secondary N) is 1. The maximum Gasteiger partial charge on any atom is 0.123 e. The lowest BCUT2D eigenvalue weighted by Gasteiger charge is -2.18. The molecule has 0 aliphatic carbocycles. The Balaban J connectivity index is 2.06. The molecule has 2 aromatic carbocycles. The summed E-state index contributed by atoms with van der Waals surface area (Å²) in [4.78, 5) is 2.21. The number of nitrogens with two attached hydrogens (primary N) is 1. The first kappa shape index (κ1) is 14.8. The third-order valence-electron chi connectivity index (χ3n) is 3.11. The summed E-state index contributed by atoms with van der Waals surface area (Å²) in [6.45, 7) is 1.63. The second-order valence-corrected chi connectivity index (χ2v) is 5.79. The summed E-state index contributed by atoms with van der Waals surface area (Å²) in [7, 11) is 2.07. The van der Waals surface area contributed by atoms with Crippen LogP contribution in [0.1, 0.15) is 16.7 Å². The van der Waals surface area contributed by atoms with E-state index in [1.54, 1.807) is 0 Å². The number of rotatable bonds is 5. The molecule has 0 saturated carbocycles. The van der Waals surface area contributed by atoms with Gasteiger partial charge in [0.25, 0.3) is 0 Å². The minimum absolute atomic E-state index is 0.123. The van der Waals surface area contributed by atoms with E-state index in [1.807, 2.05) is 36.4 Å². The lowest BCUT2D eigenvalue weighted by Crippen LogP contribution is -2.21. The number of amidine groups is 1. The van der Waals surface area contributed by atoms with Crippen LogP contribution in [-0.2, 0) is 13.1 Å². The van der Waals surface area contributed by atoms with Crippen LogP contribution in [-0.4, -0.2) is 17.8 Å². The molecule has 2 rings (SSSR count). The van der Waals surface area contributed by atoms with Crippen LogP contribution in [0.4, 0.5) is 0 Å².